The molecule has 0 aliphatic carbocycles. The highest BCUT2D eigenvalue weighted by molar-refractivity contribution is 5.65. The topological polar surface area (TPSA) is 12.0 Å². The predicted octanol–water partition coefficient (Wildman–Crippen LogP) is 5.58. The summed E-state index contributed by atoms with van der Waals surface area (Å²) in [4.78, 5) is 0. The van der Waals surface area contributed by atoms with Gasteiger partial charge in [-0.1, -0.05) is 60.2 Å². The Morgan fingerprint density at radius 3 is 2.52 bits per heavy atom. The molecule has 3 rings (SSSR count). The summed E-state index contributed by atoms with van der Waals surface area (Å²) < 4.78 is 0. The van der Waals surface area contributed by atoms with E-state index >= 15 is 0 Å². The van der Waals surface area contributed by atoms with Crippen molar-refractivity contribution in [2.24, 2.45) is 0 Å². The summed E-state index contributed by atoms with van der Waals surface area (Å²) in [6, 6.07) is 17.5. The molecule has 1 heteroatoms. The van der Waals surface area contributed by atoms with Crippen molar-refractivity contribution in [3.05, 3.63) is 95.7 Å². The molecule has 0 radical (unpaired) electrons. The van der Waals surface area contributed by atoms with Crippen molar-refractivity contribution in [3.8, 4) is 11.1 Å². The zero-order valence-corrected chi connectivity index (χ0v) is 13.8. The largest absolute Gasteiger partial charge is 0.378 e. The molecule has 1 aliphatic rings. The summed E-state index contributed by atoms with van der Waals surface area (Å²) in [5.74, 6) is 0. The highest BCUT2D eigenvalue weighted by Crippen LogP contribution is 2.30. The van der Waals surface area contributed by atoms with Crippen LogP contribution >= 0.6 is 0 Å². The number of hydrogen-bond donors (Lipinski definition) is 1. The number of hydrogen-bond acceptors (Lipinski definition) is 1. The first-order chi connectivity index (χ1) is 11.2. The van der Waals surface area contributed by atoms with E-state index in [1.165, 1.54) is 33.5 Å². The quantitative estimate of drug-likeness (QED) is 0.727. The summed E-state index contributed by atoms with van der Waals surface area (Å²) in [6.45, 7) is 8.19. The van der Waals surface area contributed by atoms with E-state index in [4.69, 9.17) is 0 Å². The van der Waals surface area contributed by atoms with Crippen LogP contribution in [0.4, 0.5) is 0 Å². The fraction of sp³-hybridized carbons (Fsp3) is 0.182. The molecule has 0 amide bonds. The van der Waals surface area contributed by atoms with E-state index in [9.17, 15) is 0 Å². The van der Waals surface area contributed by atoms with Gasteiger partial charge in [0.15, 0.2) is 0 Å². The Labute approximate surface area is 139 Å². The van der Waals surface area contributed by atoms with Crippen molar-refractivity contribution < 1.29 is 0 Å². The van der Waals surface area contributed by atoms with Crippen LogP contribution in [0.3, 0.4) is 0 Å². The normalized spacial score (nSPS) is 17.0. The van der Waals surface area contributed by atoms with Crippen molar-refractivity contribution >= 4 is 0 Å². The van der Waals surface area contributed by atoms with Gasteiger partial charge in [-0.05, 0) is 54.7 Å². The first kappa shape index (κ1) is 15.4. The highest BCUT2D eigenvalue weighted by Gasteiger charge is 2.16. The minimum absolute atomic E-state index is 0.221. The maximum Gasteiger partial charge on any atom is 0.0703 e. The van der Waals surface area contributed by atoms with Crippen molar-refractivity contribution in [1.29, 1.82) is 0 Å². The van der Waals surface area contributed by atoms with Crippen LogP contribution in [0.5, 0.6) is 0 Å². The molecule has 0 aromatic heterocycles. The third-order valence-electron chi connectivity index (χ3n) is 4.21. The van der Waals surface area contributed by atoms with E-state index < -0.39 is 0 Å². The summed E-state index contributed by atoms with van der Waals surface area (Å²) in [6.07, 6.45) is 7.34. The first-order valence-electron chi connectivity index (χ1n) is 8.10. The Morgan fingerprint density at radius 1 is 1.04 bits per heavy atom. The van der Waals surface area contributed by atoms with Gasteiger partial charge in [-0.15, -0.1) is 6.58 Å². The minimum atomic E-state index is 0.221. The van der Waals surface area contributed by atoms with Crippen LogP contribution in [0, 0.1) is 0 Å². The molecule has 116 valence electrons. The average Bonchev–Trinajstić information content (AvgIpc) is 2.55. The van der Waals surface area contributed by atoms with Gasteiger partial charge in [-0.3, -0.25) is 0 Å². The maximum absolute atomic E-state index is 3.91. The molecule has 1 nitrogen and oxygen atoms in total. The van der Waals surface area contributed by atoms with Gasteiger partial charge in [0.05, 0.1) is 6.04 Å². The van der Waals surface area contributed by atoms with Crippen LogP contribution < -0.4 is 5.32 Å². The standard InChI is InChI=1S/C22H23N/c1-4-8-19-11-12-20(18-9-6-5-7-10-18)15-21(19)22-14-16(2)13-17(3)23-22/h4-7,9-15,22-23H,1,8H2,2-3H3. The molecule has 0 saturated heterocycles. The first-order valence-corrected chi connectivity index (χ1v) is 8.10. The number of allylic oxidation sites excluding steroid dienone is 4. The number of benzene rings is 2. The monoisotopic (exact) mass is 301 g/mol. The molecule has 1 heterocycles. The summed E-state index contributed by atoms with van der Waals surface area (Å²) in [5, 5.41) is 3.59. The van der Waals surface area contributed by atoms with Gasteiger partial charge < -0.3 is 5.32 Å². The van der Waals surface area contributed by atoms with Gasteiger partial charge in [0.2, 0.25) is 0 Å². The van der Waals surface area contributed by atoms with Crippen LogP contribution in [-0.2, 0) is 6.42 Å². The van der Waals surface area contributed by atoms with E-state index in [0.29, 0.717) is 0 Å². The van der Waals surface area contributed by atoms with Gasteiger partial charge >= 0.3 is 0 Å². The highest BCUT2D eigenvalue weighted by atomic mass is 14.9. The molecule has 1 N–H and O–H groups in total. The fourth-order valence-corrected chi connectivity index (χ4v) is 3.18. The third kappa shape index (κ3) is 3.45. The van der Waals surface area contributed by atoms with E-state index in [1.54, 1.807) is 0 Å². The van der Waals surface area contributed by atoms with Crippen molar-refractivity contribution in [3.63, 3.8) is 0 Å². The summed E-state index contributed by atoms with van der Waals surface area (Å²) >= 11 is 0. The lowest BCUT2D eigenvalue weighted by Gasteiger charge is -2.25. The van der Waals surface area contributed by atoms with E-state index in [1.807, 2.05) is 6.08 Å². The second-order valence-corrected chi connectivity index (χ2v) is 6.13. The Kier molecular flexibility index (Phi) is 4.47. The lowest BCUT2D eigenvalue weighted by molar-refractivity contribution is 0.692. The number of nitrogens with one attached hydrogen (secondary N) is 1. The minimum Gasteiger partial charge on any atom is -0.378 e. The summed E-state index contributed by atoms with van der Waals surface area (Å²) in [7, 11) is 0. The van der Waals surface area contributed by atoms with Crippen molar-refractivity contribution in [1.82, 2.24) is 5.32 Å². The molecule has 1 atom stereocenters. The second-order valence-electron chi connectivity index (χ2n) is 6.13. The van der Waals surface area contributed by atoms with Gasteiger partial charge in [0.1, 0.15) is 0 Å². The maximum atomic E-state index is 3.91. The van der Waals surface area contributed by atoms with Crippen LogP contribution in [0.15, 0.2) is 84.6 Å². The Hall–Kier alpha value is -2.54. The van der Waals surface area contributed by atoms with Crippen LogP contribution in [0.25, 0.3) is 11.1 Å². The molecule has 2 aromatic carbocycles. The number of dihydropyridines is 1. The van der Waals surface area contributed by atoms with Crippen LogP contribution in [0.1, 0.15) is 31.0 Å². The summed E-state index contributed by atoms with van der Waals surface area (Å²) in [5.41, 5.74) is 7.69. The zero-order valence-electron chi connectivity index (χ0n) is 13.8. The molecule has 1 unspecified atom stereocenters. The van der Waals surface area contributed by atoms with E-state index in [2.05, 4.69) is 86.4 Å². The molecule has 1 aliphatic heterocycles. The second kappa shape index (κ2) is 6.70. The molecular weight excluding hydrogens is 278 g/mol. The third-order valence-corrected chi connectivity index (χ3v) is 4.21. The van der Waals surface area contributed by atoms with Gasteiger partial charge in [0, 0.05) is 5.70 Å². The Balaban J connectivity index is 2.06. The van der Waals surface area contributed by atoms with Gasteiger partial charge in [0.25, 0.3) is 0 Å². The lowest BCUT2D eigenvalue weighted by Crippen LogP contribution is -2.22. The molecule has 0 bridgehead atoms. The Morgan fingerprint density at radius 2 is 1.83 bits per heavy atom. The molecule has 0 saturated carbocycles. The van der Waals surface area contributed by atoms with Crippen molar-refractivity contribution in [2.75, 3.05) is 0 Å². The molecule has 23 heavy (non-hydrogen) atoms. The Bertz CT molecular complexity index is 766. The SMILES string of the molecule is C=CCc1ccc(-c2ccccc2)cc1C1C=C(C)C=C(C)N1. The van der Waals surface area contributed by atoms with E-state index in [0.717, 1.165) is 6.42 Å². The average molecular weight is 301 g/mol. The van der Waals surface area contributed by atoms with Crippen LogP contribution in [0.2, 0.25) is 0 Å². The number of rotatable bonds is 4. The van der Waals surface area contributed by atoms with Gasteiger partial charge in [-0.2, -0.15) is 0 Å². The van der Waals surface area contributed by atoms with Crippen LogP contribution in [-0.4, -0.2) is 0 Å². The predicted molar refractivity (Wildman–Crippen MR) is 99.2 cm³/mol. The molecule has 0 fully saturated rings. The van der Waals surface area contributed by atoms with E-state index in [-0.39, 0.29) is 6.04 Å². The molecule has 0 spiro atoms. The van der Waals surface area contributed by atoms with Crippen molar-refractivity contribution in [2.45, 2.75) is 26.3 Å². The smallest absolute Gasteiger partial charge is 0.0703 e. The fourth-order valence-electron chi connectivity index (χ4n) is 3.18. The van der Waals surface area contributed by atoms with Gasteiger partial charge in [-0.25, -0.2) is 0 Å². The zero-order chi connectivity index (χ0) is 16.2. The lowest BCUT2D eigenvalue weighted by atomic mass is 9.91. The molecule has 2 aromatic rings. The molecular formula is C22H23N.